The minimum Gasteiger partial charge on any atom is -0.143 e. The Kier molecular flexibility index (Phi) is 7.35. The minimum absolute atomic E-state index is 0.837. The van der Waals surface area contributed by atoms with E-state index >= 15 is 0 Å². The second-order valence-corrected chi connectivity index (χ2v) is 6.21. The Morgan fingerprint density at radius 3 is 1.50 bits per heavy atom. The first kappa shape index (κ1) is 16.6. The van der Waals surface area contributed by atoms with Crippen LogP contribution in [0.2, 0.25) is 0 Å². The van der Waals surface area contributed by atoms with Crippen LogP contribution in [0.25, 0.3) is 0 Å². The van der Waals surface area contributed by atoms with Crippen LogP contribution in [0.15, 0.2) is 65.8 Å². The Balaban J connectivity index is 0.000000180. The first-order chi connectivity index (χ1) is 8.41. The van der Waals surface area contributed by atoms with Gasteiger partial charge in [0.1, 0.15) is 0 Å². The quantitative estimate of drug-likeness (QED) is 0.350. The predicted octanol–water partition coefficient (Wildman–Crippen LogP) is 5.11. The van der Waals surface area contributed by atoms with Gasteiger partial charge >= 0.3 is 0 Å². The Hall–Kier alpha value is 0.540. The smallest absolute Gasteiger partial charge is 0.0308 e. The van der Waals surface area contributed by atoms with E-state index in [4.69, 9.17) is 0 Å². The lowest BCUT2D eigenvalue weighted by Crippen LogP contribution is -1.71. The summed E-state index contributed by atoms with van der Waals surface area (Å²) in [6.45, 7) is 0. The molecule has 0 atom stereocenters. The molecule has 18 heavy (non-hydrogen) atoms. The van der Waals surface area contributed by atoms with Gasteiger partial charge in [0.2, 0.25) is 0 Å². The maximum absolute atomic E-state index is 4.16. The second kappa shape index (κ2) is 7.97. The fourth-order valence-electron chi connectivity index (χ4n) is 1.03. The Labute approximate surface area is 140 Å². The van der Waals surface area contributed by atoms with E-state index < -0.39 is 0 Å². The maximum atomic E-state index is 4.16. The highest BCUT2D eigenvalue weighted by Gasteiger charge is 1.95. The molecule has 0 aromatic heterocycles. The molecule has 2 rings (SSSR count). The molecule has 0 N–H and O–H groups in total. The summed E-state index contributed by atoms with van der Waals surface area (Å²) in [7, 11) is 0. The van der Waals surface area contributed by atoms with Gasteiger partial charge in [0.05, 0.1) is 0 Å². The fraction of sp³-hybridized carbons (Fsp3) is 0. The molecule has 0 amide bonds. The van der Waals surface area contributed by atoms with E-state index in [9.17, 15) is 0 Å². The molecule has 6 heteroatoms. The normalized spacial score (nSPS) is 9.67. The molecular formula is C12H12S6. The molecule has 0 heterocycles. The lowest BCUT2D eigenvalue weighted by Gasteiger charge is -1.98. The van der Waals surface area contributed by atoms with Crippen molar-refractivity contribution in [3.63, 3.8) is 0 Å². The number of thiol groups is 6. The van der Waals surface area contributed by atoms with Crippen LogP contribution >= 0.6 is 75.8 Å². The second-order valence-electron chi connectivity index (χ2n) is 3.32. The van der Waals surface area contributed by atoms with Crippen LogP contribution in [0, 0.1) is 0 Å². The van der Waals surface area contributed by atoms with Crippen LogP contribution in [0.3, 0.4) is 0 Å². The zero-order valence-electron chi connectivity index (χ0n) is 9.15. The van der Waals surface area contributed by atoms with Crippen LogP contribution in [-0.4, -0.2) is 0 Å². The monoisotopic (exact) mass is 348 g/mol. The number of hydrogen-bond acceptors (Lipinski definition) is 6. The maximum Gasteiger partial charge on any atom is 0.0308 e. The van der Waals surface area contributed by atoms with Crippen molar-refractivity contribution < 1.29 is 0 Å². The summed E-state index contributed by atoms with van der Waals surface area (Å²) < 4.78 is 0. The Bertz CT molecular complexity index is 518. The van der Waals surface area contributed by atoms with Crippen molar-refractivity contribution in [3.05, 3.63) is 36.4 Å². The summed E-state index contributed by atoms with van der Waals surface area (Å²) in [4.78, 5) is 5.24. The first-order valence-electron chi connectivity index (χ1n) is 4.82. The van der Waals surface area contributed by atoms with E-state index in [1.165, 1.54) is 0 Å². The van der Waals surface area contributed by atoms with Gasteiger partial charge in [0.25, 0.3) is 0 Å². The van der Waals surface area contributed by atoms with Gasteiger partial charge in [-0.2, -0.15) is 0 Å². The number of rotatable bonds is 0. The van der Waals surface area contributed by atoms with E-state index in [2.05, 4.69) is 75.8 Å². The molecule has 0 aliphatic heterocycles. The highest BCUT2D eigenvalue weighted by Crippen LogP contribution is 2.24. The zero-order chi connectivity index (χ0) is 13.7. The summed E-state index contributed by atoms with van der Waals surface area (Å²) >= 11 is 24.8. The largest absolute Gasteiger partial charge is 0.143 e. The van der Waals surface area contributed by atoms with E-state index in [0.29, 0.717) is 0 Å². The van der Waals surface area contributed by atoms with Gasteiger partial charge in [0.15, 0.2) is 0 Å². The standard InChI is InChI=1S/2C6H6S3/c7-4-1-2-5(8)6(9)3-4;7-4-2-1-3-5(8)6(4)9/h2*1-3,7-9H. The molecule has 0 saturated heterocycles. The molecule has 0 saturated carbocycles. The van der Waals surface area contributed by atoms with E-state index in [1.54, 1.807) is 0 Å². The van der Waals surface area contributed by atoms with Crippen molar-refractivity contribution in [2.75, 3.05) is 0 Å². The van der Waals surface area contributed by atoms with Gasteiger partial charge in [-0.1, -0.05) is 6.07 Å². The van der Waals surface area contributed by atoms with Crippen LogP contribution in [0.4, 0.5) is 0 Å². The summed E-state index contributed by atoms with van der Waals surface area (Å²) in [6, 6.07) is 11.3. The SMILES string of the molecule is Sc1ccc(S)c(S)c1.Sc1cccc(S)c1S. The molecule has 96 valence electrons. The molecule has 0 radical (unpaired) electrons. The van der Waals surface area contributed by atoms with E-state index in [0.717, 1.165) is 29.4 Å². The van der Waals surface area contributed by atoms with E-state index in [-0.39, 0.29) is 0 Å². The van der Waals surface area contributed by atoms with Gasteiger partial charge < -0.3 is 0 Å². The summed E-state index contributed by atoms with van der Waals surface area (Å²) in [6.07, 6.45) is 0. The topological polar surface area (TPSA) is 0 Å². The molecule has 0 nitrogen and oxygen atoms in total. The highest BCUT2D eigenvalue weighted by atomic mass is 32.1. The van der Waals surface area contributed by atoms with Crippen LogP contribution in [-0.2, 0) is 0 Å². The molecule has 0 unspecified atom stereocenters. The van der Waals surface area contributed by atoms with Crippen LogP contribution in [0.5, 0.6) is 0 Å². The van der Waals surface area contributed by atoms with Crippen LogP contribution < -0.4 is 0 Å². The van der Waals surface area contributed by atoms with Crippen molar-refractivity contribution in [3.8, 4) is 0 Å². The molecular weight excluding hydrogens is 337 g/mol. The third-order valence-corrected chi connectivity index (χ3v) is 4.75. The molecule has 0 aliphatic rings. The van der Waals surface area contributed by atoms with Gasteiger partial charge in [-0.3, -0.25) is 0 Å². The summed E-state index contributed by atoms with van der Waals surface area (Å²) in [5.74, 6) is 0. The molecule has 0 bridgehead atoms. The third kappa shape index (κ3) is 5.27. The van der Waals surface area contributed by atoms with Crippen molar-refractivity contribution in [2.24, 2.45) is 0 Å². The molecule has 2 aromatic rings. The average Bonchev–Trinajstić information content (AvgIpc) is 2.32. The lowest BCUT2D eigenvalue weighted by atomic mass is 10.4. The van der Waals surface area contributed by atoms with Crippen LogP contribution in [0.1, 0.15) is 0 Å². The van der Waals surface area contributed by atoms with Gasteiger partial charge in [0, 0.05) is 29.4 Å². The molecule has 0 aliphatic carbocycles. The van der Waals surface area contributed by atoms with Gasteiger partial charge in [-0.15, -0.1) is 75.8 Å². The van der Waals surface area contributed by atoms with E-state index in [1.807, 2.05) is 36.4 Å². The predicted molar refractivity (Wildman–Crippen MR) is 96.4 cm³/mol. The lowest BCUT2D eigenvalue weighted by molar-refractivity contribution is 1.14. The molecule has 0 spiro atoms. The Morgan fingerprint density at radius 1 is 0.556 bits per heavy atom. The van der Waals surface area contributed by atoms with Crippen molar-refractivity contribution in [1.82, 2.24) is 0 Å². The number of benzene rings is 2. The van der Waals surface area contributed by atoms with Gasteiger partial charge in [-0.25, -0.2) is 0 Å². The molecule has 2 aromatic carbocycles. The summed E-state index contributed by atoms with van der Waals surface area (Å²) in [5.41, 5.74) is 0. The highest BCUT2D eigenvalue weighted by molar-refractivity contribution is 7.85. The summed E-state index contributed by atoms with van der Waals surface area (Å²) in [5, 5.41) is 0. The Morgan fingerprint density at radius 2 is 1.11 bits per heavy atom. The first-order valence-corrected chi connectivity index (χ1v) is 7.51. The third-order valence-electron chi connectivity index (χ3n) is 1.95. The fourth-order valence-corrected chi connectivity index (χ4v) is 2.34. The van der Waals surface area contributed by atoms with Crippen molar-refractivity contribution >= 4 is 75.8 Å². The zero-order valence-corrected chi connectivity index (χ0v) is 14.5. The molecule has 0 fully saturated rings. The minimum atomic E-state index is 0.837. The average molecular weight is 349 g/mol. The number of hydrogen-bond donors (Lipinski definition) is 6. The van der Waals surface area contributed by atoms with Crippen molar-refractivity contribution in [1.29, 1.82) is 0 Å². The van der Waals surface area contributed by atoms with Crippen molar-refractivity contribution in [2.45, 2.75) is 29.4 Å². The van der Waals surface area contributed by atoms with Gasteiger partial charge in [-0.05, 0) is 30.3 Å².